The molecule has 0 saturated carbocycles. The molecule has 1 aromatic carbocycles. The average molecular weight is 251 g/mol. The Bertz CT molecular complexity index is 274. The summed E-state index contributed by atoms with van der Waals surface area (Å²) in [6.45, 7) is 7.69. The van der Waals surface area contributed by atoms with Crippen LogP contribution in [0.25, 0.3) is 0 Å². The molecule has 0 saturated heterocycles. The van der Waals surface area contributed by atoms with E-state index in [1.165, 1.54) is 19.0 Å². The van der Waals surface area contributed by atoms with Crippen LogP contribution in [0.5, 0.6) is 0 Å². The Morgan fingerprint density at radius 2 is 1.72 bits per heavy atom. The van der Waals surface area contributed by atoms with E-state index in [4.69, 9.17) is 0 Å². The van der Waals surface area contributed by atoms with Gasteiger partial charge in [0, 0.05) is 6.04 Å². The summed E-state index contributed by atoms with van der Waals surface area (Å²) in [6.07, 6.45) is 2.70. The molecule has 0 bridgehead atoms. The summed E-state index contributed by atoms with van der Waals surface area (Å²) >= 11 is 0. The van der Waals surface area contributed by atoms with E-state index in [-0.39, 0.29) is 0 Å². The maximum Gasteiger partial charge on any atom is 0.0573 e. The standard InChI is InChI=1S/C14H24N2.CH5N/c1-4-11-15-14(5-2)16-12(3)13-9-7-6-8-10-13;1-2/h6-10,12,14-16H,4-5,11H2,1-3H3;2H2,1H3. The van der Waals surface area contributed by atoms with Crippen molar-refractivity contribution in [1.29, 1.82) is 0 Å². The Labute approximate surface area is 112 Å². The summed E-state index contributed by atoms with van der Waals surface area (Å²) in [4.78, 5) is 0. The number of benzene rings is 1. The monoisotopic (exact) mass is 251 g/mol. The molecule has 3 heteroatoms. The minimum atomic E-state index is 0.399. The van der Waals surface area contributed by atoms with Crippen molar-refractivity contribution in [2.24, 2.45) is 5.73 Å². The lowest BCUT2D eigenvalue weighted by molar-refractivity contribution is 0.376. The van der Waals surface area contributed by atoms with Gasteiger partial charge in [0.15, 0.2) is 0 Å². The molecular weight excluding hydrogens is 222 g/mol. The Morgan fingerprint density at radius 1 is 1.11 bits per heavy atom. The van der Waals surface area contributed by atoms with E-state index >= 15 is 0 Å². The number of nitrogens with one attached hydrogen (secondary N) is 2. The maximum absolute atomic E-state index is 4.50. The molecule has 1 aromatic rings. The highest BCUT2D eigenvalue weighted by Crippen LogP contribution is 2.11. The molecule has 1 rings (SSSR count). The van der Waals surface area contributed by atoms with E-state index < -0.39 is 0 Å². The molecule has 2 atom stereocenters. The number of hydrogen-bond donors (Lipinski definition) is 3. The first-order valence-electron chi connectivity index (χ1n) is 6.90. The van der Waals surface area contributed by atoms with Crippen LogP contribution >= 0.6 is 0 Å². The van der Waals surface area contributed by atoms with Crippen molar-refractivity contribution in [2.45, 2.75) is 45.8 Å². The van der Waals surface area contributed by atoms with Crippen molar-refractivity contribution in [1.82, 2.24) is 10.6 Å². The van der Waals surface area contributed by atoms with Gasteiger partial charge in [-0.1, -0.05) is 44.2 Å². The summed E-state index contributed by atoms with van der Waals surface area (Å²) in [7, 11) is 1.50. The lowest BCUT2D eigenvalue weighted by atomic mass is 10.1. The molecule has 4 N–H and O–H groups in total. The minimum absolute atomic E-state index is 0.399. The summed E-state index contributed by atoms with van der Waals surface area (Å²) in [6, 6.07) is 11.0. The fourth-order valence-corrected chi connectivity index (χ4v) is 1.78. The Morgan fingerprint density at radius 3 is 2.22 bits per heavy atom. The van der Waals surface area contributed by atoms with Crippen LogP contribution in [0.2, 0.25) is 0 Å². The van der Waals surface area contributed by atoms with Crippen molar-refractivity contribution >= 4 is 0 Å². The highest BCUT2D eigenvalue weighted by molar-refractivity contribution is 5.18. The number of hydrogen-bond acceptors (Lipinski definition) is 3. The predicted molar refractivity (Wildman–Crippen MR) is 80.5 cm³/mol. The van der Waals surface area contributed by atoms with Gasteiger partial charge in [-0.25, -0.2) is 0 Å². The molecule has 0 aromatic heterocycles. The first kappa shape index (κ1) is 17.1. The van der Waals surface area contributed by atoms with Gasteiger partial charge in [-0.2, -0.15) is 0 Å². The van der Waals surface area contributed by atoms with Crippen molar-refractivity contribution < 1.29 is 0 Å². The minimum Gasteiger partial charge on any atom is -0.333 e. The van der Waals surface area contributed by atoms with Crippen molar-refractivity contribution in [2.75, 3.05) is 13.6 Å². The molecule has 0 radical (unpaired) electrons. The van der Waals surface area contributed by atoms with Crippen molar-refractivity contribution in [3.8, 4) is 0 Å². The lowest BCUT2D eigenvalue weighted by Crippen LogP contribution is -2.43. The second kappa shape index (κ2) is 11.2. The largest absolute Gasteiger partial charge is 0.333 e. The highest BCUT2D eigenvalue weighted by atomic mass is 15.1. The zero-order chi connectivity index (χ0) is 13.8. The zero-order valence-corrected chi connectivity index (χ0v) is 12.2. The highest BCUT2D eigenvalue weighted by Gasteiger charge is 2.10. The van der Waals surface area contributed by atoms with Crippen LogP contribution in [-0.2, 0) is 0 Å². The third kappa shape index (κ3) is 6.74. The van der Waals surface area contributed by atoms with Gasteiger partial charge in [0.05, 0.1) is 6.17 Å². The van der Waals surface area contributed by atoms with Crippen LogP contribution in [0.15, 0.2) is 30.3 Å². The van der Waals surface area contributed by atoms with Gasteiger partial charge in [-0.15, -0.1) is 0 Å². The van der Waals surface area contributed by atoms with Gasteiger partial charge < -0.3 is 11.1 Å². The molecular formula is C15H29N3. The summed E-state index contributed by atoms with van der Waals surface area (Å²) < 4.78 is 0. The average Bonchev–Trinajstić information content (AvgIpc) is 2.46. The molecule has 2 unspecified atom stereocenters. The summed E-state index contributed by atoms with van der Waals surface area (Å²) in [5, 5.41) is 7.12. The van der Waals surface area contributed by atoms with Gasteiger partial charge in [0.2, 0.25) is 0 Å². The van der Waals surface area contributed by atoms with Gasteiger partial charge in [-0.3, -0.25) is 5.32 Å². The van der Waals surface area contributed by atoms with Crippen LogP contribution in [-0.4, -0.2) is 19.8 Å². The topological polar surface area (TPSA) is 50.1 Å². The van der Waals surface area contributed by atoms with Gasteiger partial charge in [0.25, 0.3) is 0 Å². The SMILES string of the molecule is CCCNC(CC)NC(C)c1ccccc1.CN. The fourth-order valence-electron chi connectivity index (χ4n) is 1.78. The van der Waals surface area contributed by atoms with Gasteiger partial charge in [0.1, 0.15) is 0 Å². The van der Waals surface area contributed by atoms with E-state index in [1.807, 2.05) is 0 Å². The molecule has 0 amide bonds. The predicted octanol–water partition coefficient (Wildman–Crippen LogP) is 2.65. The Hall–Kier alpha value is -0.900. The molecule has 0 spiro atoms. The third-order valence-electron chi connectivity index (χ3n) is 2.80. The molecule has 0 aliphatic carbocycles. The van der Waals surface area contributed by atoms with E-state index in [1.54, 1.807) is 0 Å². The molecule has 0 fully saturated rings. The molecule has 18 heavy (non-hydrogen) atoms. The van der Waals surface area contributed by atoms with Crippen LogP contribution < -0.4 is 16.4 Å². The molecule has 0 heterocycles. The Kier molecular flexibility index (Phi) is 10.6. The zero-order valence-electron chi connectivity index (χ0n) is 12.2. The molecule has 3 nitrogen and oxygen atoms in total. The lowest BCUT2D eigenvalue weighted by Gasteiger charge is -2.23. The number of nitrogens with two attached hydrogens (primary N) is 1. The van der Waals surface area contributed by atoms with E-state index in [0.717, 1.165) is 13.0 Å². The Balaban J connectivity index is 0.00000137. The van der Waals surface area contributed by atoms with Crippen molar-refractivity contribution in [3.63, 3.8) is 0 Å². The maximum atomic E-state index is 4.50. The smallest absolute Gasteiger partial charge is 0.0573 e. The summed E-state index contributed by atoms with van der Waals surface area (Å²) in [5.74, 6) is 0. The molecule has 104 valence electrons. The van der Waals surface area contributed by atoms with Crippen LogP contribution in [0.4, 0.5) is 0 Å². The second-order valence-corrected chi connectivity index (χ2v) is 4.21. The van der Waals surface area contributed by atoms with Crippen LogP contribution in [0.1, 0.15) is 45.2 Å². The van der Waals surface area contributed by atoms with Gasteiger partial charge >= 0.3 is 0 Å². The first-order chi connectivity index (χ1) is 8.77. The number of rotatable bonds is 7. The summed E-state index contributed by atoms with van der Waals surface area (Å²) in [5.41, 5.74) is 5.85. The third-order valence-corrected chi connectivity index (χ3v) is 2.80. The van der Waals surface area contributed by atoms with Crippen molar-refractivity contribution in [3.05, 3.63) is 35.9 Å². The normalized spacial score (nSPS) is 13.4. The van der Waals surface area contributed by atoms with E-state index in [9.17, 15) is 0 Å². The first-order valence-corrected chi connectivity index (χ1v) is 6.90. The van der Waals surface area contributed by atoms with E-state index in [2.05, 4.69) is 67.5 Å². The van der Waals surface area contributed by atoms with Crippen LogP contribution in [0, 0.1) is 0 Å². The quantitative estimate of drug-likeness (QED) is 0.653. The second-order valence-electron chi connectivity index (χ2n) is 4.21. The molecule has 0 aliphatic rings. The van der Waals surface area contributed by atoms with E-state index in [0.29, 0.717) is 12.2 Å². The fraction of sp³-hybridized carbons (Fsp3) is 0.600. The van der Waals surface area contributed by atoms with Crippen LogP contribution in [0.3, 0.4) is 0 Å². The molecule has 0 aliphatic heterocycles. The van der Waals surface area contributed by atoms with Gasteiger partial charge in [-0.05, 0) is 38.9 Å².